The van der Waals surface area contributed by atoms with Crippen LogP contribution in [0.1, 0.15) is 12.0 Å². The summed E-state index contributed by atoms with van der Waals surface area (Å²) >= 11 is 5.96. The van der Waals surface area contributed by atoms with Crippen molar-refractivity contribution in [1.82, 2.24) is 10.2 Å². The number of ether oxygens (including phenoxy) is 1. The summed E-state index contributed by atoms with van der Waals surface area (Å²) in [4.78, 5) is 14.1. The van der Waals surface area contributed by atoms with Gasteiger partial charge in [-0.3, -0.25) is 0 Å². The molecule has 0 bridgehead atoms. The molecule has 2 heterocycles. The number of amides is 1. The first-order valence-electron chi connectivity index (χ1n) is 7.95. The van der Waals surface area contributed by atoms with Gasteiger partial charge in [-0.2, -0.15) is 0 Å². The molecule has 3 rings (SSSR count). The summed E-state index contributed by atoms with van der Waals surface area (Å²) in [7, 11) is -3.36. The Morgan fingerprint density at radius 2 is 2.04 bits per heavy atom. The molecular weight excluding hydrogens is 387 g/mol. The molecule has 25 heavy (non-hydrogen) atoms. The van der Waals surface area contributed by atoms with E-state index >= 15 is 0 Å². The summed E-state index contributed by atoms with van der Waals surface area (Å²) < 4.78 is 28.6. The lowest BCUT2D eigenvalue weighted by Gasteiger charge is -2.33. The van der Waals surface area contributed by atoms with Gasteiger partial charge in [0.2, 0.25) is 0 Å². The molecule has 1 amide bonds. The van der Waals surface area contributed by atoms with Crippen LogP contribution < -0.4 is 5.32 Å². The Balaban J connectivity index is 0.00000225. The molecule has 140 valence electrons. The number of benzene rings is 1. The average Bonchev–Trinajstić information content (AvgIpc) is 2.98. The average molecular weight is 409 g/mol. The predicted octanol–water partition coefficient (Wildman–Crippen LogP) is 2.34. The third-order valence-electron chi connectivity index (χ3n) is 4.68. The SMILES string of the molecule is CS(=O)(=O)c1cc(Cl)cc(COC(=O)N2CC[C@@H]3CNC[C@H]3C2)c1.Cl. The summed E-state index contributed by atoms with van der Waals surface area (Å²) in [5.74, 6) is 1.15. The summed E-state index contributed by atoms with van der Waals surface area (Å²) in [5.41, 5.74) is 0.564. The topological polar surface area (TPSA) is 75.7 Å². The molecule has 0 aromatic heterocycles. The van der Waals surface area contributed by atoms with Crippen molar-refractivity contribution in [2.45, 2.75) is 17.9 Å². The quantitative estimate of drug-likeness (QED) is 0.830. The largest absolute Gasteiger partial charge is 0.445 e. The number of hydrogen-bond donors (Lipinski definition) is 1. The molecule has 0 aliphatic carbocycles. The number of hydrogen-bond acceptors (Lipinski definition) is 5. The van der Waals surface area contributed by atoms with Gasteiger partial charge < -0.3 is 15.0 Å². The molecule has 6 nitrogen and oxygen atoms in total. The Labute approximate surface area is 159 Å². The van der Waals surface area contributed by atoms with Gasteiger partial charge in [0.05, 0.1) is 4.90 Å². The van der Waals surface area contributed by atoms with Crippen molar-refractivity contribution in [2.24, 2.45) is 11.8 Å². The number of rotatable bonds is 3. The van der Waals surface area contributed by atoms with E-state index in [1.165, 1.54) is 12.1 Å². The van der Waals surface area contributed by atoms with E-state index in [4.69, 9.17) is 16.3 Å². The van der Waals surface area contributed by atoms with E-state index < -0.39 is 9.84 Å². The minimum Gasteiger partial charge on any atom is -0.445 e. The predicted molar refractivity (Wildman–Crippen MR) is 98.0 cm³/mol. The first-order chi connectivity index (χ1) is 11.3. The van der Waals surface area contributed by atoms with Crippen LogP contribution in [0.15, 0.2) is 23.1 Å². The Hall–Kier alpha value is -1.02. The molecule has 1 aromatic carbocycles. The van der Waals surface area contributed by atoms with Gasteiger partial charge in [0.25, 0.3) is 0 Å². The minimum atomic E-state index is -3.36. The van der Waals surface area contributed by atoms with E-state index in [1.54, 1.807) is 11.0 Å². The van der Waals surface area contributed by atoms with Gasteiger partial charge in [-0.15, -0.1) is 12.4 Å². The number of nitrogens with zero attached hydrogens (tertiary/aromatic N) is 1. The van der Waals surface area contributed by atoms with E-state index in [0.717, 1.165) is 25.8 Å². The van der Waals surface area contributed by atoms with Crippen molar-refractivity contribution < 1.29 is 17.9 Å². The lowest BCUT2D eigenvalue weighted by atomic mass is 9.89. The first-order valence-corrected chi connectivity index (χ1v) is 10.2. The molecule has 1 N–H and O–H groups in total. The highest BCUT2D eigenvalue weighted by Crippen LogP contribution is 2.27. The molecule has 1 aromatic rings. The first kappa shape index (κ1) is 20.3. The highest BCUT2D eigenvalue weighted by atomic mass is 35.5. The van der Waals surface area contributed by atoms with Crippen molar-refractivity contribution in [3.63, 3.8) is 0 Å². The van der Waals surface area contributed by atoms with Gasteiger partial charge in [0.15, 0.2) is 9.84 Å². The fourth-order valence-corrected chi connectivity index (χ4v) is 4.38. The third kappa shape index (κ3) is 5.00. The summed E-state index contributed by atoms with van der Waals surface area (Å²) in [6.45, 7) is 3.39. The molecule has 2 aliphatic rings. The van der Waals surface area contributed by atoms with Crippen molar-refractivity contribution in [3.8, 4) is 0 Å². The standard InChI is InChI=1S/C16H21ClN2O4S.ClH/c1-24(21,22)15-5-11(4-14(17)6-15)10-23-16(20)19-3-2-12-7-18-8-13(12)9-19;/h4-6,12-13,18H,2-3,7-10H2,1H3;1H/t12-,13+;/m1./s1. The number of carbonyl (C=O) groups is 1. The van der Waals surface area contributed by atoms with E-state index in [9.17, 15) is 13.2 Å². The number of piperidine rings is 1. The van der Waals surface area contributed by atoms with Gasteiger partial charge >= 0.3 is 6.09 Å². The van der Waals surface area contributed by atoms with Crippen LogP contribution in [0.25, 0.3) is 0 Å². The van der Waals surface area contributed by atoms with E-state index in [2.05, 4.69) is 5.32 Å². The van der Waals surface area contributed by atoms with Crippen molar-refractivity contribution in [3.05, 3.63) is 28.8 Å². The number of halogens is 2. The Bertz CT molecular complexity index is 742. The van der Waals surface area contributed by atoms with Crippen molar-refractivity contribution in [2.75, 3.05) is 32.4 Å². The van der Waals surface area contributed by atoms with Crippen LogP contribution in [0.4, 0.5) is 4.79 Å². The van der Waals surface area contributed by atoms with Crippen LogP contribution >= 0.6 is 24.0 Å². The molecule has 0 radical (unpaired) electrons. The van der Waals surface area contributed by atoms with Gasteiger partial charge in [0, 0.05) is 24.4 Å². The number of sulfone groups is 1. The monoisotopic (exact) mass is 408 g/mol. The Morgan fingerprint density at radius 1 is 1.32 bits per heavy atom. The molecule has 2 saturated heterocycles. The maximum Gasteiger partial charge on any atom is 0.410 e. The van der Waals surface area contributed by atoms with Crippen LogP contribution in [0.2, 0.25) is 5.02 Å². The summed E-state index contributed by atoms with van der Waals surface area (Å²) in [5, 5.41) is 3.67. The lowest BCUT2D eigenvalue weighted by molar-refractivity contribution is 0.0730. The molecule has 2 fully saturated rings. The number of fused-ring (bicyclic) bond motifs is 1. The molecule has 0 unspecified atom stereocenters. The van der Waals surface area contributed by atoms with Crippen LogP contribution in [-0.2, 0) is 21.2 Å². The second-order valence-corrected chi connectivity index (χ2v) is 8.99. The third-order valence-corrected chi connectivity index (χ3v) is 5.99. The smallest absolute Gasteiger partial charge is 0.410 e. The summed E-state index contributed by atoms with van der Waals surface area (Å²) in [6, 6.07) is 4.48. The van der Waals surface area contributed by atoms with Gasteiger partial charge in [0.1, 0.15) is 6.61 Å². The normalized spacial score (nSPS) is 22.9. The highest BCUT2D eigenvalue weighted by Gasteiger charge is 2.34. The zero-order valence-corrected chi connectivity index (χ0v) is 16.3. The van der Waals surface area contributed by atoms with E-state index in [-0.39, 0.29) is 30.0 Å². The molecule has 9 heteroatoms. The van der Waals surface area contributed by atoms with Crippen LogP contribution in [0, 0.1) is 11.8 Å². The molecule has 0 spiro atoms. The fraction of sp³-hybridized carbons (Fsp3) is 0.562. The zero-order chi connectivity index (χ0) is 17.3. The van der Waals surface area contributed by atoms with Crippen LogP contribution in [0.5, 0.6) is 0 Å². The van der Waals surface area contributed by atoms with E-state index in [1.807, 2.05) is 0 Å². The number of nitrogens with one attached hydrogen (secondary N) is 1. The fourth-order valence-electron chi connectivity index (χ4n) is 3.36. The van der Waals surface area contributed by atoms with Gasteiger partial charge in [-0.1, -0.05) is 11.6 Å². The maximum atomic E-state index is 12.3. The second-order valence-electron chi connectivity index (χ2n) is 6.54. The highest BCUT2D eigenvalue weighted by molar-refractivity contribution is 7.90. The zero-order valence-electron chi connectivity index (χ0n) is 13.9. The number of carbonyl (C=O) groups excluding carboxylic acids is 1. The minimum absolute atomic E-state index is 0. The van der Waals surface area contributed by atoms with Gasteiger partial charge in [-0.05, 0) is 55.1 Å². The van der Waals surface area contributed by atoms with Gasteiger partial charge in [-0.25, -0.2) is 13.2 Å². The lowest BCUT2D eigenvalue weighted by Crippen LogP contribution is -2.43. The molecule has 2 aliphatic heterocycles. The van der Waals surface area contributed by atoms with Crippen LogP contribution in [-0.4, -0.2) is 51.8 Å². The maximum absolute atomic E-state index is 12.3. The molecule has 0 saturated carbocycles. The van der Waals surface area contributed by atoms with Crippen molar-refractivity contribution in [1.29, 1.82) is 0 Å². The van der Waals surface area contributed by atoms with Crippen LogP contribution in [0.3, 0.4) is 0 Å². The Kier molecular flexibility index (Phi) is 6.59. The molecule has 2 atom stereocenters. The second kappa shape index (κ2) is 8.12. The number of likely N-dealkylation sites (tertiary alicyclic amines) is 1. The molecular formula is C16H22Cl2N2O4S. The summed E-state index contributed by atoms with van der Waals surface area (Å²) in [6.07, 6.45) is 1.75. The van der Waals surface area contributed by atoms with Crippen molar-refractivity contribution >= 4 is 39.9 Å². The van der Waals surface area contributed by atoms with E-state index in [0.29, 0.717) is 35.5 Å². The Morgan fingerprint density at radius 3 is 2.76 bits per heavy atom.